The van der Waals surface area contributed by atoms with Crippen molar-refractivity contribution in [1.29, 1.82) is 0 Å². The van der Waals surface area contributed by atoms with Crippen molar-refractivity contribution in [1.82, 2.24) is 0 Å². The zero-order valence-corrected chi connectivity index (χ0v) is 14.4. The zero-order valence-electron chi connectivity index (χ0n) is 14.4. The quantitative estimate of drug-likeness (QED) is 0.571. The molecule has 6 heteroatoms. The lowest BCUT2D eigenvalue weighted by Crippen LogP contribution is -2.31. The van der Waals surface area contributed by atoms with Gasteiger partial charge in [0, 0.05) is 34.0 Å². The molecule has 0 spiro atoms. The Labute approximate surface area is 149 Å². The summed E-state index contributed by atoms with van der Waals surface area (Å²) in [6, 6.07) is 10.6. The van der Waals surface area contributed by atoms with E-state index in [0.29, 0.717) is 44.6 Å². The molecule has 0 saturated heterocycles. The third-order valence-corrected chi connectivity index (χ3v) is 4.69. The van der Waals surface area contributed by atoms with Crippen LogP contribution in [-0.2, 0) is 5.60 Å². The summed E-state index contributed by atoms with van der Waals surface area (Å²) >= 11 is 0. The Morgan fingerprint density at radius 2 is 1.31 bits per heavy atom. The number of aliphatic hydroxyl groups excluding tert-OH is 1. The Balaban J connectivity index is 1.90. The molecule has 26 heavy (non-hydrogen) atoms. The van der Waals surface area contributed by atoms with Crippen LogP contribution in [-0.4, -0.2) is 31.0 Å². The molecular weight excluding hydrogens is 336 g/mol. The van der Waals surface area contributed by atoms with Crippen molar-refractivity contribution in [2.45, 2.75) is 5.60 Å². The highest BCUT2D eigenvalue weighted by Gasteiger charge is 2.37. The molecule has 0 saturated carbocycles. The third-order valence-electron chi connectivity index (χ3n) is 4.69. The second-order valence-corrected chi connectivity index (χ2v) is 6.04. The number of furan rings is 2. The maximum atomic E-state index is 11.4. The molecule has 0 fully saturated rings. The maximum absolute atomic E-state index is 11.4. The smallest absolute Gasteiger partial charge is 0.145 e. The summed E-state index contributed by atoms with van der Waals surface area (Å²) in [5.41, 5.74) is 0.341. The van der Waals surface area contributed by atoms with E-state index in [1.807, 2.05) is 0 Å². The molecule has 0 radical (unpaired) electrons. The van der Waals surface area contributed by atoms with Crippen molar-refractivity contribution < 1.29 is 28.5 Å². The minimum Gasteiger partial charge on any atom is -0.497 e. The van der Waals surface area contributed by atoms with Crippen LogP contribution in [0.2, 0.25) is 0 Å². The predicted molar refractivity (Wildman–Crippen MR) is 95.6 cm³/mol. The van der Waals surface area contributed by atoms with Gasteiger partial charge in [-0.2, -0.15) is 0 Å². The van der Waals surface area contributed by atoms with Gasteiger partial charge >= 0.3 is 0 Å². The fourth-order valence-electron chi connectivity index (χ4n) is 3.23. The first kappa shape index (κ1) is 16.5. The van der Waals surface area contributed by atoms with Gasteiger partial charge < -0.3 is 28.5 Å². The molecule has 2 N–H and O–H groups in total. The van der Waals surface area contributed by atoms with E-state index >= 15 is 0 Å². The van der Waals surface area contributed by atoms with Crippen molar-refractivity contribution in [3.05, 3.63) is 60.1 Å². The number of hydrogen-bond acceptors (Lipinski definition) is 6. The first-order valence-corrected chi connectivity index (χ1v) is 8.05. The Hall–Kier alpha value is -2.96. The summed E-state index contributed by atoms with van der Waals surface area (Å²) in [5.74, 6) is 1.29. The molecule has 2 aromatic carbocycles. The second-order valence-electron chi connectivity index (χ2n) is 6.04. The molecule has 4 aromatic rings. The second kappa shape index (κ2) is 6.09. The minimum atomic E-state index is -1.68. The van der Waals surface area contributed by atoms with E-state index in [1.54, 1.807) is 50.6 Å². The van der Waals surface area contributed by atoms with Crippen molar-refractivity contribution >= 4 is 21.9 Å². The van der Waals surface area contributed by atoms with Gasteiger partial charge in [-0.3, -0.25) is 0 Å². The number of fused-ring (bicyclic) bond motifs is 2. The highest BCUT2D eigenvalue weighted by Crippen LogP contribution is 2.40. The Morgan fingerprint density at radius 1 is 0.846 bits per heavy atom. The molecule has 0 aliphatic carbocycles. The van der Waals surface area contributed by atoms with Crippen molar-refractivity contribution in [3.8, 4) is 11.5 Å². The minimum absolute atomic E-state index is 0.455. The molecule has 6 nitrogen and oxygen atoms in total. The van der Waals surface area contributed by atoms with Gasteiger partial charge in [-0.25, -0.2) is 0 Å². The predicted octanol–water partition coefficient (Wildman–Crippen LogP) is 3.42. The van der Waals surface area contributed by atoms with E-state index < -0.39 is 12.2 Å². The van der Waals surface area contributed by atoms with Crippen molar-refractivity contribution in [2.75, 3.05) is 20.8 Å². The van der Waals surface area contributed by atoms with Gasteiger partial charge in [0.15, 0.2) is 0 Å². The third kappa shape index (κ3) is 2.34. The summed E-state index contributed by atoms with van der Waals surface area (Å²) in [7, 11) is 3.14. The Morgan fingerprint density at radius 3 is 1.69 bits per heavy atom. The van der Waals surface area contributed by atoms with Crippen LogP contribution >= 0.6 is 0 Å². The number of benzene rings is 2. The zero-order chi connectivity index (χ0) is 18.3. The largest absolute Gasteiger partial charge is 0.497 e. The van der Waals surface area contributed by atoms with Crippen LogP contribution in [0.25, 0.3) is 21.9 Å². The van der Waals surface area contributed by atoms with Gasteiger partial charge in [0.2, 0.25) is 0 Å². The average molecular weight is 354 g/mol. The van der Waals surface area contributed by atoms with Gasteiger partial charge in [-0.1, -0.05) is 0 Å². The summed E-state index contributed by atoms with van der Waals surface area (Å²) < 4.78 is 21.6. The molecule has 0 bridgehead atoms. The lowest BCUT2D eigenvalue weighted by molar-refractivity contribution is 0.0184. The van der Waals surface area contributed by atoms with Crippen molar-refractivity contribution in [2.24, 2.45) is 0 Å². The molecular formula is C20H18O6. The van der Waals surface area contributed by atoms with Crippen LogP contribution < -0.4 is 9.47 Å². The fourth-order valence-corrected chi connectivity index (χ4v) is 3.23. The van der Waals surface area contributed by atoms with Gasteiger partial charge in [-0.05, 0) is 24.3 Å². The molecule has 0 atom stereocenters. The number of hydrogen-bond donors (Lipinski definition) is 2. The van der Waals surface area contributed by atoms with Crippen LogP contribution in [0.1, 0.15) is 11.1 Å². The normalized spacial score (nSPS) is 12.0. The van der Waals surface area contributed by atoms with Gasteiger partial charge in [0.25, 0.3) is 0 Å². The Kier molecular flexibility index (Phi) is 3.86. The lowest BCUT2D eigenvalue weighted by Gasteiger charge is -2.24. The monoisotopic (exact) mass is 354 g/mol. The number of aliphatic hydroxyl groups is 2. The van der Waals surface area contributed by atoms with E-state index in [2.05, 4.69) is 0 Å². The topological polar surface area (TPSA) is 85.2 Å². The Bertz CT molecular complexity index is 992. The fraction of sp³-hybridized carbons (Fsp3) is 0.200. The molecule has 0 amide bonds. The highest BCUT2D eigenvalue weighted by molar-refractivity contribution is 5.88. The molecule has 0 aliphatic rings. The van der Waals surface area contributed by atoms with Gasteiger partial charge in [-0.15, -0.1) is 0 Å². The van der Waals surface area contributed by atoms with E-state index in [1.165, 1.54) is 12.5 Å². The lowest BCUT2D eigenvalue weighted by atomic mass is 9.86. The van der Waals surface area contributed by atoms with E-state index in [0.717, 1.165) is 0 Å². The molecule has 4 rings (SSSR count). The highest BCUT2D eigenvalue weighted by atomic mass is 16.5. The van der Waals surface area contributed by atoms with Gasteiger partial charge in [0.05, 0.1) is 33.4 Å². The molecule has 2 aromatic heterocycles. The summed E-state index contributed by atoms with van der Waals surface area (Å²) in [6.07, 6.45) is 2.89. The maximum Gasteiger partial charge on any atom is 0.145 e. The average Bonchev–Trinajstić information content (AvgIpc) is 3.30. The molecule has 0 aliphatic heterocycles. The van der Waals surface area contributed by atoms with Crippen LogP contribution in [0.3, 0.4) is 0 Å². The number of ether oxygens (including phenoxy) is 2. The molecule has 2 heterocycles. The first-order valence-electron chi connectivity index (χ1n) is 8.05. The van der Waals surface area contributed by atoms with Crippen LogP contribution in [0.5, 0.6) is 11.5 Å². The van der Waals surface area contributed by atoms with Crippen LogP contribution in [0, 0.1) is 0 Å². The molecule has 134 valence electrons. The number of rotatable bonds is 5. The summed E-state index contributed by atoms with van der Waals surface area (Å²) in [6.45, 7) is -0.533. The van der Waals surface area contributed by atoms with E-state index in [-0.39, 0.29) is 0 Å². The SMILES string of the molecule is COc1ccc2c(C(O)(CO)c3coc4cc(OC)ccc34)coc2c1. The molecule has 0 unspecified atom stereocenters. The van der Waals surface area contributed by atoms with E-state index in [4.69, 9.17) is 18.3 Å². The first-order chi connectivity index (χ1) is 12.6. The van der Waals surface area contributed by atoms with Gasteiger partial charge in [0.1, 0.15) is 28.3 Å². The summed E-state index contributed by atoms with van der Waals surface area (Å²) in [5, 5.41) is 22.8. The standard InChI is InChI=1S/C20H18O6/c1-23-12-3-5-14-16(9-25-18(14)7-12)20(22,11-21)17-10-26-19-8-13(24-2)4-6-15(17)19/h3-10,21-22H,11H2,1-2H3. The van der Waals surface area contributed by atoms with Crippen molar-refractivity contribution in [3.63, 3.8) is 0 Å². The summed E-state index contributed by atoms with van der Waals surface area (Å²) in [4.78, 5) is 0. The van der Waals surface area contributed by atoms with E-state index in [9.17, 15) is 10.2 Å². The van der Waals surface area contributed by atoms with Crippen LogP contribution in [0.4, 0.5) is 0 Å². The number of methoxy groups -OCH3 is 2. The van der Waals surface area contributed by atoms with Crippen LogP contribution in [0.15, 0.2) is 57.8 Å².